The Morgan fingerprint density at radius 3 is 2.37 bits per heavy atom. The van der Waals surface area contributed by atoms with Gasteiger partial charge in [0.25, 0.3) is 17.7 Å². The zero-order valence-corrected chi connectivity index (χ0v) is 18.8. The van der Waals surface area contributed by atoms with Crippen molar-refractivity contribution in [2.45, 2.75) is 6.92 Å². The fraction of sp³-hybridized carbons (Fsp3) is 0.111. The maximum absolute atomic E-state index is 13.0. The fourth-order valence-corrected chi connectivity index (χ4v) is 4.24. The molecule has 174 valence electrons. The first-order chi connectivity index (χ1) is 17.0. The molecule has 0 fully saturated rings. The lowest BCUT2D eigenvalue weighted by atomic mass is 9.99. The minimum atomic E-state index is -0.651. The average molecular weight is 467 g/mol. The third kappa shape index (κ3) is 3.95. The molecule has 3 aromatic carbocycles. The molecule has 3 amide bonds. The van der Waals surface area contributed by atoms with Crippen LogP contribution in [-0.4, -0.2) is 41.7 Å². The average Bonchev–Trinajstić information content (AvgIpc) is 3.31. The number of nitrogens with zero attached hydrogens (tertiary/aromatic N) is 1. The number of nitrogens with one attached hydrogen (secondary N) is 2. The molecule has 0 saturated carbocycles. The smallest absolute Gasteiger partial charge is 0.326 e. The maximum atomic E-state index is 13.0. The zero-order valence-electron chi connectivity index (χ0n) is 18.8. The van der Waals surface area contributed by atoms with E-state index in [1.807, 2.05) is 54.6 Å². The molecule has 8 nitrogen and oxygen atoms in total. The third-order valence-electron chi connectivity index (χ3n) is 5.82. The summed E-state index contributed by atoms with van der Waals surface area (Å²) in [5.41, 5.74) is 4.20. The number of fused-ring (bicyclic) bond motifs is 2. The summed E-state index contributed by atoms with van der Waals surface area (Å²) < 4.78 is 4.88. The van der Waals surface area contributed by atoms with E-state index in [1.165, 1.54) is 0 Å². The predicted octanol–water partition coefficient (Wildman–Crippen LogP) is 3.78. The molecule has 35 heavy (non-hydrogen) atoms. The Morgan fingerprint density at radius 1 is 0.886 bits per heavy atom. The van der Waals surface area contributed by atoms with Crippen LogP contribution in [0.4, 0.5) is 11.4 Å². The first kappa shape index (κ1) is 22.1. The molecule has 8 heteroatoms. The van der Waals surface area contributed by atoms with Crippen molar-refractivity contribution in [3.8, 4) is 0 Å². The van der Waals surface area contributed by atoms with E-state index in [0.29, 0.717) is 22.6 Å². The lowest BCUT2D eigenvalue weighted by Gasteiger charge is -2.15. The Labute approximate surface area is 201 Å². The van der Waals surface area contributed by atoms with E-state index in [2.05, 4.69) is 10.6 Å². The van der Waals surface area contributed by atoms with Crippen LogP contribution in [0.15, 0.2) is 72.8 Å². The summed E-state index contributed by atoms with van der Waals surface area (Å²) in [6, 6.07) is 21.6. The number of ether oxygens (including phenoxy) is 1. The van der Waals surface area contributed by atoms with Crippen molar-refractivity contribution in [2.75, 3.05) is 23.8 Å². The summed E-state index contributed by atoms with van der Waals surface area (Å²) in [6.07, 6.45) is 0. The number of carbonyl (C=O) groups excluding carboxylic acids is 4. The number of benzene rings is 3. The van der Waals surface area contributed by atoms with E-state index in [4.69, 9.17) is 4.74 Å². The second kappa shape index (κ2) is 8.90. The number of esters is 1. The monoisotopic (exact) mass is 467 g/mol. The van der Waals surface area contributed by atoms with Gasteiger partial charge < -0.3 is 15.4 Å². The van der Waals surface area contributed by atoms with Gasteiger partial charge in [-0.25, -0.2) is 0 Å². The van der Waals surface area contributed by atoms with Crippen LogP contribution in [0.5, 0.6) is 0 Å². The van der Waals surface area contributed by atoms with Crippen molar-refractivity contribution in [2.24, 2.45) is 0 Å². The SMILES string of the molecule is CCOC(=O)CN1C(=O)c2ccc(NC(=C3C(=O)Nc4ccccc43)c3ccccc3)cc2C1=O. The lowest BCUT2D eigenvalue weighted by Crippen LogP contribution is -2.35. The normalized spacial score (nSPS) is 15.5. The Hall–Kier alpha value is -4.72. The highest BCUT2D eigenvalue weighted by atomic mass is 16.5. The van der Waals surface area contributed by atoms with Crippen LogP contribution in [0.1, 0.15) is 38.8 Å². The number of hydrogen-bond donors (Lipinski definition) is 2. The van der Waals surface area contributed by atoms with Crippen molar-refractivity contribution in [3.05, 3.63) is 95.1 Å². The Kier molecular flexibility index (Phi) is 5.62. The van der Waals surface area contributed by atoms with Gasteiger partial charge in [-0.3, -0.25) is 24.1 Å². The van der Waals surface area contributed by atoms with Gasteiger partial charge in [0.15, 0.2) is 0 Å². The van der Waals surface area contributed by atoms with Gasteiger partial charge >= 0.3 is 5.97 Å². The summed E-state index contributed by atoms with van der Waals surface area (Å²) >= 11 is 0. The molecule has 0 saturated heterocycles. The van der Waals surface area contributed by atoms with E-state index in [1.54, 1.807) is 25.1 Å². The molecule has 2 aliphatic heterocycles. The highest BCUT2D eigenvalue weighted by Gasteiger charge is 2.37. The number of anilines is 2. The molecule has 0 atom stereocenters. The first-order valence-electron chi connectivity index (χ1n) is 11.1. The van der Waals surface area contributed by atoms with Crippen molar-refractivity contribution >= 4 is 46.3 Å². The van der Waals surface area contributed by atoms with Gasteiger partial charge in [-0.15, -0.1) is 0 Å². The van der Waals surface area contributed by atoms with Gasteiger partial charge in [0.2, 0.25) is 0 Å². The Bertz CT molecular complexity index is 1410. The van der Waals surface area contributed by atoms with Gasteiger partial charge in [-0.05, 0) is 36.8 Å². The van der Waals surface area contributed by atoms with Gasteiger partial charge in [-0.1, -0.05) is 48.5 Å². The molecule has 0 spiro atoms. The number of para-hydroxylation sites is 1. The molecule has 5 rings (SSSR count). The largest absolute Gasteiger partial charge is 0.465 e. The van der Waals surface area contributed by atoms with Crippen molar-refractivity contribution < 1.29 is 23.9 Å². The Morgan fingerprint density at radius 2 is 1.60 bits per heavy atom. The highest BCUT2D eigenvalue weighted by Crippen LogP contribution is 2.37. The van der Waals surface area contributed by atoms with Crippen LogP contribution in [0.25, 0.3) is 11.3 Å². The van der Waals surface area contributed by atoms with Gasteiger partial charge in [0.1, 0.15) is 6.54 Å². The second-order valence-corrected chi connectivity index (χ2v) is 8.00. The zero-order chi connectivity index (χ0) is 24.5. The highest BCUT2D eigenvalue weighted by molar-refractivity contribution is 6.37. The molecule has 0 radical (unpaired) electrons. The minimum absolute atomic E-state index is 0.156. The van der Waals surface area contributed by atoms with E-state index in [0.717, 1.165) is 16.0 Å². The molecule has 3 aromatic rings. The predicted molar refractivity (Wildman–Crippen MR) is 130 cm³/mol. The van der Waals surface area contributed by atoms with E-state index in [-0.39, 0.29) is 23.6 Å². The van der Waals surface area contributed by atoms with Crippen LogP contribution in [0, 0.1) is 0 Å². The number of imide groups is 1. The Balaban J connectivity index is 1.54. The number of rotatable bonds is 6. The molecule has 0 unspecified atom stereocenters. The van der Waals surface area contributed by atoms with Gasteiger partial charge in [0.05, 0.1) is 29.0 Å². The lowest BCUT2D eigenvalue weighted by molar-refractivity contribution is -0.143. The summed E-state index contributed by atoms with van der Waals surface area (Å²) in [5.74, 6) is -2.01. The van der Waals surface area contributed by atoms with Crippen molar-refractivity contribution in [1.82, 2.24) is 4.90 Å². The fourth-order valence-electron chi connectivity index (χ4n) is 4.24. The van der Waals surface area contributed by atoms with Crippen molar-refractivity contribution in [1.29, 1.82) is 0 Å². The molecular formula is C27H21N3O5. The molecule has 2 heterocycles. The minimum Gasteiger partial charge on any atom is -0.465 e. The number of amides is 3. The van der Waals surface area contributed by atoms with E-state index in [9.17, 15) is 19.2 Å². The van der Waals surface area contributed by atoms with E-state index < -0.39 is 24.3 Å². The quantitative estimate of drug-likeness (QED) is 0.325. The van der Waals surface area contributed by atoms with Crippen LogP contribution >= 0.6 is 0 Å². The molecular weight excluding hydrogens is 446 g/mol. The van der Waals surface area contributed by atoms with Gasteiger partial charge in [-0.2, -0.15) is 0 Å². The maximum Gasteiger partial charge on any atom is 0.326 e. The third-order valence-corrected chi connectivity index (χ3v) is 5.82. The van der Waals surface area contributed by atoms with Crippen LogP contribution in [0.2, 0.25) is 0 Å². The summed E-state index contributed by atoms with van der Waals surface area (Å²) in [6.45, 7) is 1.36. The number of hydrogen-bond acceptors (Lipinski definition) is 6. The standard InChI is InChI=1S/C27H21N3O5/c1-2-35-22(31)15-30-26(33)18-13-12-17(14-20(18)27(30)34)28-24(16-8-4-3-5-9-16)23-19-10-6-7-11-21(19)29-25(23)32/h3-14,28H,2,15H2,1H3,(H,29,32). The molecule has 0 aromatic heterocycles. The van der Waals surface area contributed by atoms with Crippen LogP contribution in [-0.2, 0) is 14.3 Å². The summed E-state index contributed by atoms with van der Waals surface area (Å²) in [4.78, 5) is 51.3. The van der Waals surface area contributed by atoms with Crippen LogP contribution < -0.4 is 10.6 Å². The van der Waals surface area contributed by atoms with Crippen molar-refractivity contribution in [3.63, 3.8) is 0 Å². The first-order valence-corrected chi connectivity index (χ1v) is 11.1. The molecule has 2 N–H and O–H groups in total. The summed E-state index contributed by atoms with van der Waals surface area (Å²) in [5, 5.41) is 6.18. The topological polar surface area (TPSA) is 105 Å². The second-order valence-electron chi connectivity index (χ2n) is 8.00. The number of carbonyl (C=O) groups is 4. The van der Waals surface area contributed by atoms with Crippen LogP contribution in [0.3, 0.4) is 0 Å². The molecule has 0 aliphatic carbocycles. The van der Waals surface area contributed by atoms with Gasteiger partial charge in [0, 0.05) is 16.9 Å². The van der Waals surface area contributed by atoms with E-state index >= 15 is 0 Å². The molecule has 0 bridgehead atoms. The molecule has 2 aliphatic rings. The summed E-state index contributed by atoms with van der Waals surface area (Å²) in [7, 11) is 0.